The standard InChI is InChI=1S/C12H10N4O2S2/c1-6-7(9(17)15-11-13-2-4-19-11)8(6)10(18)16-12-14-3-5-20-12/h2-5,7-8H,1H2,(H,13,15,17)(H,14,16,18)/t7-,8-/m1/s1. The maximum atomic E-state index is 12.0. The minimum Gasteiger partial charge on any atom is -0.301 e. The van der Waals surface area contributed by atoms with Crippen LogP contribution in [0.5, 0.6) is 0 Å². The van der Waals surface area contributed by atoms with Gasteiger partial charge in [0.15, 0.2) is 10.3 Å². The predicted molar refractivity (Wildman–Crippen MR) is 77.6 cm³/mol. The van der Waals surface area contributed by atoms with Crippen molar-refractivity contribution in [3.8, 4) is 0 Å². The van der Waals surface area contributed by atoms with Crippen LogP contribution in [0.25, 0.3) is 0 Å². The first-order valence-electron chi connectivity index (χ1n) is 5.76. The van der Waals surface area contributed by atoms with Crippen LogP contribution in [0.2, 0.25) is 0 Å². The van der Waals surface area contributed by atoms with Gasteiger partial charge >= 0.3 is 0 Å². The summed E-state index contributed by atoms with van der Waals surface area (Å²) in [5.74, 6) is -1.47. The van der Waals surface area contributed by atoms with E-state index in [0.717, 1.165) is 0 Å². The minimum atomic E-state index is -0.487. The highest BCUT2D eigenvalue weighted by Crippen LogP contribution is 2.45. The van der Waals surface area contributed by atoms with Crippen LogP contribution in [-0.2, 0) is 9.59 Å². The maximum absolute atomic E-state index is 12.0. The second kappa shape index (κ2) is 5.14. The van der Waals surface area contributed by atoms with Crippen molar-refractivity contribution < 1.29 is 9.59 Å². The van der Waals surface area contributed by atoms with Crippen LogP contribution in [-0.4, -0.2) is 21.8 Å². The number of amides is 2. The molecule has 2 N–H and O–H groups in total. The van der Waals surface area contributed by atoms with Crippen LogP contribution in [0.4, 0.5) is 10.3 Å². The number of anilines is 2. The monoisotopic (exact) mass is 306 g/mol. The molecule has 20 heavy (non-hydrogen) atoms. The quantitative estimate of drug-likeness (QED) is 0.846. The lowest BCUT2D eigenvalue weighted by molar-refractivity contribution is -0.122. The zero-order valence-electron chi connectivity index (χ0n) is 10.2. The average molecular weight is 306 g/mol. The second-order valence-electron chi connectivity index (χ2n) is 4.18. The highest BCUT2D eigenvalue weighted by molar-refractivity contribution is 7.14. The number of nitrogens with zero attached hydrogens (tertiary/aromatic N) is 2. The van der Waals surface area contributed by atoms with Crippen LogP contribution in [0.15, 0.2) is 35.3 Å². The van der Waals surface area contributed by atoms with Gasteiger partial charge in [0.2, 0.25) is 11.8 Å². The molecule has 1 aliphatic rings. The molecule has 1 fully saturated rings. The van der Waals surface area contributed by atoms with E-state index in [9.17, 15) is 9.59 Å². The molecule has 0 radical (unpaired) electrons. The first-order valence-corrected chi connectivity index (χ1v) is 7.52. The number of rotatable bonds is 4. The molecule has 2 aromatic heterocycles. The van der Waals surface area contributed by atoms with E-state index in [1.807, 2.05) is 0 Å². The molecule has 6 nitrogen and oxygen atoms in total. The van der Waals surface area contributed by atoms with Crippen molar-refractivity contribution in [3.63, 3.8) is 0 Å². The molecule has 102 valence electrons. The summed E-state index contributed by atoms with van der Waals surface area (Å²) in [5, 5.41) is 9.92. The predicted octanol–water partition coefficient (Wildman–Crippen LogP) is 1.98. The summed E-state index contributed by atoms with van der Waals surface area (Å²) in [7, 11) is 0. The third-order valence-corrected chi connectivity index (χ3v) is 4.29. The van der Waals surface area contributed by atoms with Gasteiger partial charge < -0.3 is 10.6 Å². The Morgan fingerprint density at radius 3 is 1.80 bits per heavy atom. The highest BCUT2D eigenvalue weighted by Gasteiger charge is 2.52. The summed E-state index contributed by atoms with van der Waals surface area (Å²) in [5.41, 5.74) is 0.619. The third-order valence-electron chi connectivity index (χ3n) is 2.91. The van der Waals surface area contributed by atoms with Gasteiger partial charge in [-0.05, 0) is 0 Å². The topological polar surface area (TPSA) is 84.0 Å². The molecule has 0 saturated heterocycles. The average Bonchev–Trinajstić information content (AvgIpc) is 2.84. The fraction of sp³-hybridized carbons (Fsp3) is 0.167. The Morgan fingerprint density at radius 2 is 1.45 bits per heavy atom. The van der Waals surface area contributed by atoms with E-state index >= 15 is 0 Å². The van der Waals surface area contributed by atoms with Crippen molar-refractivity contribution in [1.82, 2.24) is 9.97 Å². The molecule has 0 unspecified atom stereocenters. The molecule has 2 aromatic rings. The van der Waals surface area contributed by atoms with Crippen molar-refractivity contribution in [2.75, 3.05) is 10.6 Å². The summed E-state index contributed by atoms with van der Waals surface area (Å²) in [6, 6.07) is 0. The number of aromatic nitrogens is 2. The van der Waals surface area contributed by atoms with E-state index in [2.05, 4.69) is 27.2 Å². The molecular weight excluding hydrogens is 296 g/mol. The molecule has 2 atom stereocenters. The van der Waals surface area contributed by atoms with E-state index < -0.39 is 11.8 Å². The summed E-state index contributed by atoms with van der Waals surface area (Å²) >= 11 is 2.66. The summed E-state index contributed by atoms with van der Waals surface area (Å²) < 4.78 is 0. The van der Waals surface area contributed by atoms with Gasteiger partial charge in [0.1, 0.15) is 0 Å². The van der Waals surface area contributed by atoms with E-state index in [1.165, 1.54) is 22.7 Å². The lowest BCUT2D eigenvalue weighted by Gasteiger charge is -2.01. The van der Waals surface area contributed by atoms with Gasteiger partial charge in [-0.15, -0.1) is 22.7 Å². The minimum absolute atomic E-state index is 0.246. The van der Waals surface area contributed by atoms with Crippen LogP contribution in [0.1, 0.15) is 0 Å². The molecular formula is C12H10N4O2S2. The number of carbonyl (C=O) groups excluding carboxylic acids is 2. The molecule has 3 rings (SSSR count). The number of hydrogen-bond donors (Lipinski definition) is 2. The van der Waals surface area contributed by atoms with Crippen molar-refractivity contribution >= 4 is 44.8 Å². The molecule has 0 aromatic carbocycles. The Hall–Kier alpha value is -2.06. The second-order valence-corrected chi connectivity index (χ2v) is 5.97. The number of nitrogens with one attached hydrogen (secondary N) is 2. The lowest BCUT2D eigenvalue weighted by Crippen LogP contribution is -2.20. The molecule has 0 spiro atoms. The Kier molecular flexibility index (Phi) is 3.33. The van der Waals surface area contributed by atoms with E-state index in [-0.39, 0.29) is 11.8 Å². The molecule has 1 saturated carbocycles. The van der Waals surface area contributed by atoms with Gasteiger partial charge in [-0.25, -0.2) is 9.97 Å². The Balaban J connectivity index is 1.61. The van der Waals surface area contributed by atoms with Crippen molar-refractivity contribution in [1.29, 1.82) is 0 Å². The Morgan fingerprint density at radius 1 is 1.00 bits per heavy atom. The molecule has 2 heterocycles. The van der Waals surface area contributed by atoms with Crippen LogP contribution in [0, 0.1) is 11.8 Å². The molecule has 0 bridgehead atoms. The van der Waals surface area contributed by atoms with Gasteiger partial charge in [-0.1, -0.05) is 12.2 Å². The fourth-order valence-electron chi connectivity index (χ4n) is 1.89. The number of thiazole rings is 2. The summed E-state index contributed by atoms with van der Waals surface area (Å²) in [6.07, 6.45) is 3.21. The van der Waals surface area contributed by atoms with Gasteiger partial charge in [-0.3, -0.25) is 9.59 Å². The molecule has 1 aliphatic carbocycles. The zero-order valence-corrected chi connectivity index (χ0v) is 11.8. The molecule has 8 heteroatoms. The van der Waals surface area contributed by atoms with E-state index in [4.69, 9.17) is 0 Å². The Bertz CT molecular complexity index is 595. The lowest BCUT2D eigenvalue weighted by atomic mass is 10.3. The largest absolute Gasteiger partial charge is 0.301 e. The number of hydrogen-bond acceptors (Lipinski definition) is 6. The Labute approximate surface area is 122 Å². The van der Waals surface area contributed by atoms with Gasteiger partial charge in [0.05, 0.1) is 11.8 Å². The van der Waals surface area contributed by atoms with Crippen molar-refractivity contribution in [3.05, 3.63) is 35.3 Å². The number of carbonyl (C=O) groups is 2. The molecule has 2 amide bonds. The van der Waals surface area contributed by atoms with Crippen molar-refractivity contribution in [2.45, 2.75) is 0 Å². The summed E-state index contributed by atoms with van der Waals surface area (Å²) in [6.45, 7) is 3.77. The van der Waals surface area contributed by atoms with Gasteiger partial charge in [-0.2, -0.15) is 0 Å². The first-order chi connectivity index (χ1) is 9.66. The van der Waals surface area contributed by atoms with Gasteiger partial charge in [0.25, 0.3) is 0 Å². The van der Waals surface area contributed by atoms with Crippen LogP contribution in [0.3, 0.4) is 0 Å². The third kappa shape index (κ3) is 2.47. The van der Waals surface area contributed by atoms with Crippen molar-refractivity contribution in [2.24, 2.45) is 11.8 Å². The fourth-order valence-corrected chi connectivity index (χ4v) is 2.95. The normalized spacial score (nSPS) is 20.5. The summed E-state index contributed by atoms with van der Waals surface area (Å²) in [4.78, 5) is 31.9. The zero-order chi connectivity index (χ0) is 14.1. The van der Waals surface area contributed by atoms with Crippen LogP contribution >= 0.6 is 22.7 Å². The van der Waals surface area contributed by atoms with E-state index in [0.29, 0.717) is 15.8 Å². The first kappa shape index (κ1) is 12.9. The SMILES string of the molecule is C=C1[C@@H](C(=O)Nc2nccs2)[C@@H]1C(=O)Nc1nccs1. The smallest absolute Gasteiger partial charge is 0.234 e. The van der Waals surface area contributed by atoms with Gasteiger partial charge in [0, 0.05) is 23.2 Å². The van der Waals surface area contributed by atoms with Crippen LogP contribution < -0.4 is 10.6 Å². The maximum Gasteiger partial charge on any atom is 0.234 e. The van der Waals surface area contributed by atoms with E-state index in [1.54, 1.807) is 23.2 Å². The molecule has 0 aliphatic heterocycles. The highest BCUT2D eigenvalue weighted by atomic mass is 32.1.